The maximum atomic E-state index is 12.1. The number of carbonyl (C=O) groups is 2. The lowest BCUT2D eigenvalue weighted by molar-refractivity contribution is -0.139. The number of carboxylic acid groups (broad SMARTS) is 1. The Morgan fingerprint density at radius 3 is 2.67 bits per heavy atom. The first-order valence-electron chi connectivity index (χ1n) is 6.67. The Kier molecular flexibility index (Phi) is 4.28. The number of aromatic nitrogens is 1. The number of hydrogen-bond acceptors (Lipinski definition) is 3. The van der Waals surface area contributed by atoms with Crippen molar-refractivity contribution >= 4 is 22.8 Å². The van der Waals surface area contributed by atoms with Gasteiger partial charge in [-0.2, -0.15) is 0 Å². The lowest BCUT2D eigenvalue weighted by Gasteiger charge is -2.13. The molecule has 6 nitrogen and oxygen atoms in total. The van der Waals surface area contributed by atoms with Crippen LogP contribution in [0.3, 0.4) is 0 Å². The third-order valence-electron chi connectivity index (χ3n) is 3.59. The van der Waals surface area contributed by atoms with E-state index in [2.05, 4.69) is 10.3 Å². The number of H-pyrrole nitrogens is 1. The van der Waals surface area contributed by atoms with Gasteiger partial charge in [-0.1, -0.05) is 0 Å². The fourth-order valence-corrected chi connectivity index (χ4v) is 2.23. The highest BCUT2D eigenvalue weighted by Crippen LogP contribution is 2.22. The maximum absolute atomic E-state index is 12.1. The summed E-state index contributed by atoms with van der Waals surface area (Å²) in [4.78, 5) is 26.3. The molecule has 2 rings (SSSR count). The fraction of sp³-hybridized carbons (Fsp3) is 0.333. The Hall–Kier alpha value is -2.34. The second kappa shape index (κ2) is 5.97. The predicted molar refractivity (Wildman–Crippen MR) is 78.4 cm³/mol. The molecule has 112 valence electrons. The lowest BCUT2D eigenvalue weighted by atomic mass is 10.1. The molecule has 0 saturated carbocycles. The van der Waals surface area contributed by atoms with Crippen molar-refractivity contribution in [2.75, 3.05) is 6.61 Å². The van der Waals surface area contributed by atoms with Gasteiger partial charge in [-0.05, 0) is 37.6 Å². The second-order valence-electron chi connectivity index (χ2n) is 5.01. The number of benzene rings is 1. The van der Waals surface area contributed by atoms with Crippen molar-refractivity contribution in [3.8, 4) is 0 Å². The number of amides is 1. The number of aliphatic carboxylic acids is 1. The van der Waals surface area contributed by atoms with E-state index in [1.54, 1.807) is 18.2 Å². The summed E-state index contributed by atoms with van der Waals surface area (Å²) in [7, 11) is 0. The van der Waals surface area contributed by atoms with Crippen LogP contribution in [0.2, 0.25) is 0 Å². The van der Waals surface area contributed by atoms with E-state index in [4.69, 9.17) is 10.2 Å². The van der Waals surface area contributed by atoms with E-state index in [0.717, 1.165) is 22.2 Å². The van der Waals surface area contributed by atoms with Crippen molar-refractivity contribution < 1.29 is 19.8 Å². The minimum atomic E-state index is -1.16. The van der Waals surface area contributed by atoms with E-state index in [1.165, 1.54) is 0 Å². The zero-order valence-electron chi connectivity index (χ0n) is 11.9. The third-order valence-corrected chi connectivity index (χ3v) is 3.59. The lowest BCUT2D eigenvalue weighted by Crippen LogP contribution is -2.41. The molecule has 0 aliphatic carbocycles. The van der Waals surface area contributed by atoms with Crippen LogP contribution in [0.5, 0.6) is 0 Å². The van der Waals surface area contributed by atoms with E-state index in [9.17, 15) is 9.59 Å². The van der Waals surface area contributed by atoms with Crippen LogP contribution in [-0.2, 0) is 4.79 Å². The molecule has 0 bridgehead atoms. The first-order chi connectivity index (χ1) is 9.93. The van der Waals surface area contributed by atoms with Gasteiger partial charge in [0.25, 0.3) is 5.91 Å². The number of aliphatic hydroxyl groups excluding tert-OH is 1. The molecule has 0 saturated heterocycles. The molecule has 0 aliphatic heterocycles. The molecular weight excluding hydrogens is 272 g/mol. The SMILES string of the molecule is Cc1[nH]c2ccc(C(=O)NC(CCO)C(=O)O)cc2c1C. The van der Waals surface area contributed by atoms with Gasteiger partial charge < -0.3 is 20.5 Å². The number of carboxylic acids is 1. The number of carbonyl (C=O) groups excluding carboxylic acids is 1. The minimum Gasteiger partial charge on any atom is -0.480 e. The molecule has 2 aromatic rings. The number of fused-ring (bicyclic) bond motifs is 1. The number of aryl methyl sites for hydroxylation is 2. The molecule has 6 heteroatoms. The summed E-state index contributed by atoms with van der Waals surface area (Å²) in [6.45, 7) is 3.62. The molecule has 1 atom stereocenters. The van der Waals surface area contributed by atoms with E-state index < -0.39 is 17.9 Å². The van der Waals surface area contributed by atoms with Crippen LogP contribution in [-0.4, -0.2) is 39.7 Å². The van der Waals surface area contributed by atoms with Crippen molar-refractivity contribution in [2.45, 2.75) is 26.3 Å². The number of nitrogens with one attached hydrogen (secondary N) is 2. The molecule has 1 unspecified atom stereocenters. The van der Waals surface area contributed by atoms with Crippen molar-refractivity contribution in [3.05, 3.63) is 35.0 Å². The molecule has 1 amide bonds. The zero-order valence-corrected chi connectivity index (χ0v) is 11.9. The average molecular weight is 290 g/mol. The Bertz CT molecular complexity index is 690. The number of aliphatic hydroxyl groups is 1. The van der Waals surface area contributed by atoms with Gasteiger partial charge in [-0.3, -0.25) is 4.79 Å². The van der Waals surface area contributed by atoms with E-state index >= 15 is 0 Å². The molecule has 0 radical (unpaired) electrons. The van der Waals surface area contributed by atoms with Crippen LogP contribution >= 0.6 is 0 Å². The third kappa shape index (κ3) is 3.05. The van der Waals surface area contributed by atoms with Crippen LogP contribution in [0.1, 0.15) is 28.0 Å². The predicted octanol–water partition coefficient (Wildman–Crippen LogP) is 1.35. The van der Waals surface area contributed by atoms with Gasteiger partial charge in [0.15, 0.2) is 0 Å². The molecule has 1 aromatic heterocycles. The summed E-state index contributed by atoms with van der Waals surface area (Å²) in [5.41, 5.74) is 3.43. The van der Waals surface area contributed by atoms with Crippen LogP contribution in [0.15, 0.2) is 18.2 Å². The van der Waals surface area contributed by atoms with Gasteiger partial charge in [0, 0.05) is 35.2 Å². The highest BCUT2D eigenvalue weighted by molar-refractivity contribution is 6.00. The smallest absolute Gasteiger partial charge is 0.326 e. The van der Waals surface area contributed by atoms with Gasteiger partial charge in [0.05, 0.1) is 0 Å². The van der Waals surface area contributed by atoms with Gasteiger partial charge in [0.1, 0.15) is 6.04 Å². The first-order valence-corrected chi connectivity index (χ1v) is 6.67. The zero-order chi connectivity index (χ0) is 15.6. The van der Waals surface area contributed by atoms with Gasteiger partial charge in [-0.15, -0.1) is 0 Å². The van der Waals surface area contributed by atoms with E-state index in [1.807, 2.05) is 13.8 Å². The normalized spacial score (nSPS) is 12.3. The molecule has 4 N–H and O–H groups in total. The number of aromatic amines is 1. The van der Waals surface area contributed by atoms with Gasteiger partial charge in [0.2, 0.25) is 0 Å². The first kappa shape index (κ1) is 15.1. The Labute approximate surface area is 121 Å². The van der Waals surface area contributed by atoms with E-state index in [0.29, 0.717) is 5.56 Å². The summed E-state index contributed by atoms with van der Waals surface area (Å²) in [5, 5.41) is 21.2. The molecule has 0 aliphatic rings. The summed E-state index contributed by atoms with van der Waals surface area (Å²) in [6.07, 6.45) is -0.0222. The molecule has 21 heavy (non-hydrogen) atoms. The summed E-state index contributed by atoms with van der Waals surface area (Å²) < 4.78 is 0. The average Bonchev–Trinajstić information content (AvgIpc) is 2.73. The molecule has 0 fully saturated rings. The minimum absolute atomic E-state index is 0.0222. The molecule has 0 spiro atoms. The van der Waals surface area contributed by atoms with Crippen molar-refractivity contribution in [1.82, 2.24) is 10.3 Å². The number of rotatable bonds is 5. The van der Waals surface area contributed by atoms with Crippen molar-refractivity contribution in [3.63, 3.8) is 0 Å². The highest BCUT2D eigenvalue weighted by atomic mass is 16.4. The summed E-state index contributed by atoms with van der Waals surface area (Å²) >= 11 is 0. The van der Waals surface area contributed by atoms with E-state index in [-0.39, 0.29) is 13.0 Å². The molecule has 1 heterocycles. The monoisotopic (exact) mass is 290 g/mol. The van der Waals surface area contributed by atoms with Crippen LogP contribution < -0.4 is 5.32 Å². The van der Waals surface area contributed by atoms with Crippen LogP contribution in [0.25, 0.3) is 10.9 Å². The quantitative estimate of drug-likeness (QED) is 0.667. The Morgan fingerprint density at radius 1 is 1.33 bits per heavy atom. The molecule has 1 aromatic carbocycles. The Morgan fingerprint density at radius 2 is 2.05 bits per heavy atom. The topological polar surface area (TPSA) is 102 Å². The summed E-state index contributed by atoms with van der Waals surface area (Å²) in [5.74, 6) is -1.62. The second-order valence-corrected chi connectivity index (χ2v) is 5.01. The highest BCUT2D eigenvalue weighted by Gasteiger charge is 2.20. The van der Waals surface area contributed by atoms with Crippen LogP contribution in [0, 0.1) is 13.8 Å². The fourth-order valence-electron chi connectivity index (χ4n) is 2.23. The number of hydrogen-bond donors (Lipinski definition) is 4. The standard InChI is InChI=1S/C15H18N2O4/c1-8-9(2)16-12-4-3-10(7-11(8)12)14(19)17-13(5-6-18)15(20)21/h3-4,7,13,16,18H,5-6H2,1-2H3,(H,17,19)(H,20,21). The largest absolute Gasteiger partial charge is 0.480 e. The maximum Gasteiger partial charge on any atom is 0.326 e. The molecular formula is C15H18N2O4. The van der Waals surface area contributed by atoms with Crippen molar-refractivity contribution in [1.29, 1.82) is 0 Å². The van der Waals surface area contributed by atoms with Crippen LogP contribution in [0.4, 0.5) is 0 Å². The van der Waals surface area contributed by atoms with Crippen molar-refractivity contribution in [2.24, 2.45) is 0 Å². The Balaban J connectivity index is 2.26. The summed E-state index contributed by atoms with van der Waals surface area (Å²) in [6, 6.07) is 4.09. The van der Waals surface area contributed by atoms with Gasteiger partial charge >= 0.3 is 5.97 Å². The van der Waals surface area contributed by atoms with Gasteiger partial charge in [-0.25, -0.2) is 4.79 Å².